The molecule has 0 radical (unpaired) electrons. The Morgan fingerprint density at radius 1 is 1.50 bits per heavy atom. The Hall–Kier alpha value is -0.300. The summed E-state index contributed by atoms with van der Waals surface area (Å²) in [5.41, 5.74) is 1.95. The van der Waals surface area contributed by atoms with Gasteiger partial charge < -0.3 is 0 Å². The normalized spacial score (nSPS) is 26.1. The number of nitrogens with zero attached hydrogens (tertiary/aromatic N) is 1. The maximum atomic E-state index is 2.50. The number of hydrogen-bond donors (Lipinski definition) is 0. The van der Waals surface area contributed by atoms with E-state index in [2.05, 4.69) is 45.6 Å². The van der Waals surface area contributed by atoms with Gasteiger partial charge in [-0.25, -0.2) is 0 Å². The van der Waals surface area contributed by atoms with E-state index in [-0.39, 0.29) is 0 Å². The van der Waals surface area contributed by atoms with Crippen LogP contribution in [0.2, 0.25) is 0 Å². The number of likely N-dealkylation sites (N-methyl/N-ethyl adjacent to an activating group) is 1. The number of hydrogen-bond acceptors (Lipinski definition) is 1. The molecule has 0 aromatic heterocycles. The average Bonchev–Trinajstić information content (AvgIpc) is 2.29. The van der Waals surface area contributed by atoms with Gasteiger partial charge in [-0.3, -0.25) is 4.90 Å². The summed E-state index contributed by atoms with van der Waals surface area (Å²) in [6.45, 7) is 13.8. The molecule has 1 atom stereocenters. The van der Waals surface area contributed by atoms with E-state index in [1.165, 1.54) is 0 Å². The van der Waals surface area contributed by atoms with Crippen LogP contribution in [0.1, 0.15) is 34.6 Å². The fourth-order valence-electron chi connectivity index (χ4n) is 2.08. The van der Waals surface area contributed by atoms with Crippen molar-refractivity contribution < 1.29 is 0 Å². The molecule has 1 heteroatoms. The minimum Gasteiger partial charge on any atom is -0.294 e. The van der Waals surface area contributed by atoms with E-state index < -0.39 is 0 Å². The fraction of sp³-hybridized carbons (Fsp3) is 0.818. The molecule has 1 rings (SSSR count). The molecule has 0 amide bonds. The molecule has 0 saturated heterocycles. The highest BCUT2D eigenvalue weighted by Gasteiger charge is 2.29. The van der Waals surface area contributed by atoms with Crippen molar-refractivity contribution in [2.24, 2.45) is 5.41 Å². The molecule has 1 aliphatic rings. The minimum absolute atomic E-state index is 0.351. The van der Waals surface area contributed by atoms with Crippen LogP contribution in [-0.2, 0) is 0 Å². The molecule has 0 unspecified atom stereocenters. The summed E-state index contributed by atoms with van der Waals surface area (Å²) in [4.78, 5) is 2.50. The zero-order valence-electron chi connectivity index (χ0n) is 9.02. The third-order valence-corrected chi connectivity index (χ3v) is 2.82. The quantitative estimate of drug-likeness (QED) is 0.543. The maximum absolute atomic E-state index is 2.50. The van der Waals surface area contributed by atoms with Crippen molar-refractivity contribution in [3.63, 3.8) is 0 Å². The van der Waals surface area contributed by atoms with Gasteiger partial charge in [0.1, 0.15) is 0 Å². The fourth-order valence-corrected chi connectivity index (χ4v) is 2.08. The first-order valence-corrected chi connectivity index (χ1v) is 4.91. The summed E-state index contributed by atoms with van der Waals surface area (Å²) < 4.78 is 0. The van der Waals surface area contributed by atoms with E-state index in [0.717, 1.165) is 13.1 Å². The molecule has 1 heterocycles. The molecule has 1 aliphatic heterocycles. The summed E-state index contributed by atoms with van der Waals surface area (Å²) >= 11 is 0. The Labute approximate surface area is 76.5 Å². The van der Waals surface area contributed by atoms with Gasteiger partial charge in [-0.05, 0) is 18.9 Å². The molecule has 0 fully saturated rings. The van der Waals surface area contributed by atoms with Crippen LogP contribution in [0.25, 0.3) is 0 Å². The van der Waals surface area contributed by atoms with Gasteiger partial charge in [-0.1, -0.05) is 39.3 Å². The van der Waals surface area contributed by atoms with Crippen LogP contribution in [0.4, 0.5) is 0 Å². The highest BCUT2D eigenvalue weighted by molar-refractivity contribution is 5.22. The summed E-state index contributed by atoms with van der Waals surface area (Å²) in [5.74, 6) is 0. The first-order chi connectivity index (χ1) is 5.46. The second-order valence-corrected chi connectivity index (χ2v) is 4.67. The minimum atomic E-state index is 0.351. The van der Waals surface area contributed by atoms with Crippen molar-refractivity contribution in [1.29, 1.82) is 0 Å². The maximum Gasteiger partial charge on any atom is 0.0288 e. The Morgan fingerprint density at radius 3 is 2.33 bits per heavy atom. The van der Waals surface area contributed by atoms with Crippen LogP contribution in [0.3, 0.4) is 0 Å². The molecule has 12 heavy (non-hydrogen) atoms. The molecule has 0 spiro atoms. The monoisotopic (exact) mass is 167 g/mol. The second kappa shape index (κ2) is 3.21. The predicted molar refractivity (Wildman–Crippen MR) is 54.2 cm³/mol. The van der Waals surface area contributed by atoms with Crippen LogP contribution in [0.5, 0.6) is 0 Å². The van der Waals surface area contributed by atoms with Gasteiger partial charge in [0.05, 0.1) is 0 Å². The van der Waals surface area contributed by atoms with Gasteiger partial charge in [-0.15, -0.1) is 0 Å². The van der Waals surface area contributed by atoms with Gasteiger partial charge in [-0.2, -0.15) is 0 Å². The summed E-state index contributed by atoms with van der Waals surface area (Å²) in [6.07, 6.45) is 2.40. The van der Waals surface area contributed by atoms with Crippen molar-refractivity contribution >= 4 is 0 Å². The third-order valence-electron chi connectivity index (χ3n) is 2.82. The lowest BCUT2D eigenvalue weighted by molar-refractivity contribution is 0.273. The van der Waals surface area contributed by atoms with E-state index in [1.54, 1.807) is 5.57 Å². The number of rotatable bonds is 1. The summed E-state index contributed by atoms with van der Waals surface area (Å²) in [5, 5.41) is 0. The zero-order chi connectivity index (χ0) is 9.35. The van der Waals surface area contributed by atoms with Crippen LogP contribution in [0.15, 0.2) is 11.6 Å². The Morgan fingerprint density at radius 2 is 2.08 bits per heavy atom. The molecule has 1 nitrogen and oxygen atoms in total. The van der Waals surface area contributed by atoms with Gasteiger partial charge in [0.15, 0.2) is 0 Å². The molecular formula is C11H21N. The summed E-state index contributed by atoms with van der Waals surface area (Å²) in [6, 6.07) is 0.648. The van der Waals surface area contributed by atoms with Crippen molar-refractivity contribution in [3.8, 4) is 0 Å². The van der Waals surface area contributed by atoms with Crippen LogP contribution >= 0.6 is 0 Å². The molecule has 0 aliphatic carbocycles. The van der Waals surface area contributed by atoms with Crippen LogP contribution < -0.4 is 0 Å². The van der Waals surface area contributed by atoms with Crippen LogP contribution in [0, 0.1) is 5.41 Å². The Bertz CT molecular complexity index is 186. The van der Waals surface area contributed by atoms with Gasteiger partial charge in [0.2, 0.25) is 0 Å². The largest absolute Gasteiger partial charge is 0.294 e. The highest BCUT2D eigenvalue weighted by Crippen LogP contribution is 2.33. The average molecular weight is 167 g/mol. The molecule has 70 valence electrons. The first kappa shape index (κ1) is 9.79. The first-order valence-electron chi connectivity index (χ1n) is 4.91. The van der Waals surface area contributed by atoms with Gasteiger partial charge in [0.25, 0.3) is 0 Å². The lowest BCUT2D eigenvalue weighted by atomic mass is 9.83. The van der Waals surface area contributed by atoms with Gasteiger partial charge >= 0.3 is 0 Å². The second-order valence-electron chi connectivity index (χ2n) is 4.67. The van der Waals surface area contributed by atoms with E-state index in [4.69, 9.17) is 0 Å². The van der Waals surface area contributed by atoms with E-state index in [9.17, 15) is 0 Å². The smallest absolute Gasteiger partial charge is 0.0288 e. The van der Waals surface area contributed by atoms with E-state index >= 15 is 0 Å². The van der Waals surface area contributed by atoms with Crippen molar-refractivity contribution in [1.82, 2.24) is 4.90 Å². The summed E-state index contributed by atoms with van der Waals surface area (Å²) in [7, 11) is 0. The van der Waals surface area contributed by atoms with Crippen molar-refractivity contribution in [3.05, 3.63) is 11.6 Å². The third kappa shape index (κ3) is 1.71. The van der Waals surface area contributed by atoms with Crippen molar-refractivity contribution in [2.75, 3.05) is 13.1 Å². The predicted octanol–water partition coefficient (Wildman–Crippen LogP) is 2.68. The lowest BCUT2D eigenvalue weighted by Gasteiger charge is -2.29. The van der Waals surface area contributed by atoms with Crippen molar-refractivity contribution in [2.45, 2.75) is 40.7 Å². The molecule has 0 bridgehead atoms. The Balaban J connectivity index is 2.71. The van der Waals surface area contributed by atoms with Gasteiger partial charge in [0, 0.05) is 12.6 Å². The molecule has 0 aromatic rings. The molecule has 0 N–H and O–H groups in total. The topological polar surface area (TPSA) is 3.24 Å². The standard InChI is InChI=1S/C11H21N/c1-6-12-8-7-10(9(12)2)11(3,4)5/h7,9H,6,8H2,1-5H3/t9-/m0/s1. The lowest BCUT2D eigenvalue weighted by Crippen LogP contribution is -2.32. The zero-order valence-corrected chi connectivity index (χ0v) is 9.02. The highest BCUT2D eigenvalue weighted by atomic mass is 15.2. The van der Waals surface area contributed by atoms with E-state index in [0.29, 0.717) is 11.5 Å². The molecule has 0 aromatic carbocycles. The van der Waals surface area contributed by atoms with E-state index in [1.807, 2.05) is 0 Å². The van der Waals surface area contributed by atoms with Crippen LogP contribution in [-0.4, -0.2) is 24.0 Å². The Kier molecular flexibility index (Phi) is 2.62. The molecule has 0 saturated carbocycles. The molecular weight excluding hydrogens is 146 g/mol. The SMILES string of the molecule is CCN1CC=C(C(C)(C)C)[C@@H]1C.